The summed E-state index contributed by atoms with van der Waals surface area (Å²) in [7, 11) is 0. The second-order valence-corrected chi connectivity index (χ2v) is 5.29. The van der Waals surface area contributed by atoms with Crippen molar-refractivity contribution in [1.82, 2.24) is 4.98 Å². The average molecular weight is 292 g/mol. The van der Waals surface area contributed by atoms with Crippen molar-refractivity contribution in [2.45, 2.75) is 19.4 Å². The molecule has 1 aromatic heterocycles. The molecule has 2 rings (SSSR count). The first kappa shape index (κ1) is 12.3. The van der Waals surface area contributed by atoms with Crippen LogP contribution in [0.2, 0.25) is 0 Å². The molecule has 2 aromatic rings. The highest BCUT2D eigenvalue weighted by Crippen LogP contribution is 2.33. The third kappa shape index (κ3) is 2.56. The number of benzene rings is 1. The van der Waals surface area contributed by atoms with E-state index in [-0.39, 0.29) is 0 Å². The fourth-order valence-corrected chi connectivity index (χ4v) is 2.24. The van der Waals surface area contributed by atoms with Gasteiger partial charge in [0.25, 0.3) is 0 Å². The van der Waals surface area contributed by atoms with Crippen molar-refractivity contribution >= 4 is 15.9 Å². The number of hydrogen-bond donors (Lipinski definition) is 1. The van der Waals surface area contributed by atoms with Gasteiger partial charge in [-0.1, -0.05) is 40.2 Å². The number of pyridine rings is 1. The number of nitrogens with zero attached hydrogens (tertiary/aromatic N) is 1. The van der Waals surface area contributed by atoms with E-state index in [1.54, 1.807) is 20.0 Å². The standard InChI is InChI=1S/C14H14BrNO/c1-14(2,17)11-7-5-9-16-13(11)10-6-3-4-8-12(10)15/h3-9,17H,1-2H3. The van der Waals surface area contributed by atoms with Gasteiger partial charge in [-0.2, -0.15) is 0 Å². The highest BCUT2D eigenvalue weighted by molar-refractivity contribution is 9.10. The fraction of sp³-hybridized carbons (Fsp3) is 0.214. The molecule has 1 heterocycles. The van der Waals surface area contributed by atoms with Crippen molar-refractivity contribution in [2.75, 3.05) is 0 Å². The third-order valence-corrected chi connectivity index (χ3v) is 3.29. The Balaban J connectivity index is 2.65. The van der Waals surface area contributed by atoms with Crippen molar-refractivity contribution in [1.29, 1.82) is 0 Å². The molecule has 2 nitrogen and oxygen atoms in total. The van der Waals surface area contributed by atoms with E-state index >= 15 is 0 Å². The lowest BCUT2D eigenvalue weighted by molar-refractivity contribution is 0.0789. The molecule has 0 aliphatic carbocycles. The smallest absolute Gasteiger partial charge is 0.0861 e. The minimum Gasteiger partial charge on any atom is -0.386 e. The molecule has 3 heteroatoms. The van der Waals surface area contributed by atoms with Gasteiger partial charge in [0.1, 0.15) is 0 Å². The molecule has 0 amide bonds. The van der Waals surface area contributed by atoms with Crippen molar-refractivity contribution in [3.05, 3.63) is 52.6 Å². The van der Waals surface area contributed by atoms with E-state index in [1.165, 1.54) is 0 Å². The first-order chi connectivity index (χ1) is 8.00. The van der Waals surface area contributed by atoms with E-state index in [0.717, 1.165) is 21.3 Å². The van der Waals surface area contributed by atoms with Crippen LogP contribution in [0.1, 0.15) is 19.4 Å². The van der Waals surface area contributed by atoms with Gasteiger partial charge in [0.15, 0.2) is 0 Å². The SMILES string of the molecule is CC(C)(O)c1cccnc1-c1ccccc1Br. The Morgan fingerprint density at radius 3 is 2.47 bits per heavy atom. The van der Waals surface area contributed by atoms with E-state index in [1.807, 2.05) is 36.4 Å². The Hall–Kier alpha value is -1.19. The Bertz CT molecular complexity index is 532. The Morgan fingerprint density at radius 1 is 1.12 bits per heavy atom. The lowest BCUT2D eigenvalue weighted by Crippen LogP contribution is -2.17. The largest absolute Gasteiger partial charge is 0.386 e. The van der Waals surface area contributed by atoms with Gasteiger partial charge in [-0.3, -0.25) is 4.98 Å². The Morgan fingerprint density at radius 2 is 1.82 bits per heavy atom. The molecular formula is C14H14BrNO. The summed E-state index contributed by atoms with van der Waals surface area (Å²) in [5.74, 6) is 0. The maximum atomic E-state index is 10.2. The predicted molar refractivity (Wildman–Crippen MR) is 72.6 cm³/mol. The summed E-state index contributed by atoms with van der Waals surface area (Å²) < 4.78 is 0.976. The van der Waals surface area contributed by atoms with Crippen LogP contribution in [0.25, 0.3) is 11.3 Å². The highest BCUT2D eigenvalue weighted by Gasteiger charge is 2.22. The van der Waals surface area contributed by atoms with Gasteiger partial charge in [0.2, 0.25) is 0 Å². The van der Waals surface area contributed by atoms with Crippen LogP contribution in [0.5, 0.6) is 0 Å². The van der Waals surface area contributed by atoms with Crippen molar-refractivity contribution in [3.63, 3.8) is 0 Å². The van der Waals surface area contributed by atoms with Crippen molar-refractivity contribution < 1.29 is 5.11 Å². The molecular weight excluding hydrogens is 278 g/mol. The van der Waals surface area contributed by atoms with Crippen LogP contribution in [0.3, 0.4) is 0 Å². The molecule has 1 aromatic carbocycles. The second kappa shape index (κ2) is 4.59. The molecule has 0 spiro atoms. The lowest BCUT2D eigenvalue weighted by atomic mass is 9.93. The maximum Gasteiger partial charge on any atom is 0.0861 e. The minimum absolute atomic E-state index is 0.812. The van der Waals surface area contributed by atoms with Gasteiger partial charge >= 0.3 is 0 Å². The van der Waals surface area contributed by atoms with Crippen LogP contribution >= 0.6 is 15.9 Å². The average Bonchev–Trinajstić information content (AvgIpc) is 2.28. The van der Waals surface area contributed by atoms with Crippen LogP contribution < -0.4 is 0 Å². The fourth-order valence-electron chi connectivity index (χ4n) is 1.77. The van der Waals surface area contributed by atoms with Gasteiger partial charge in [-0.25, -0.2) is 0 Å². The number of hydrogen-bond acceptors (Lipinski definition) is 2. The number of aromatic nitrogens is 1. The summed E-state index contributed by atoms with van der Waals surface area (Å²) in [4.78, 5) is 4.39. The summed E-state index contributed by atoms with van der Waals surface area (Å²) in [6, 6.07) is 11.6. The molecule has 0 aliphatic rings. The van der Waals surface area contributed by atoms with E-state index in [2.05, 4.69) is 20.9 Å². The lowest BCUT2D eigenvalue weighted by Gasteiger charge is -2.21. The van der Waals surface area contributed by atoms with Crippen molar-refractivity contribution in [2.24, 2.45) is 0 Å². The monoisotopic (exact) mass is 291 g/mol. The van der Waals surface area contributed by atoms with Gasteiger partial charge in [-0.05, 0) is 26.0 Å². The summed E-state index contributed by atoms with van der Waals surface area (Å²) >= 11 is 3.51. The van der Waals surface area contributed by atoms with Crippen LogP contribution in [-0.2, 0) is 5.60 Å². The first-order valence-electron chi connectivity index (χ1n) is 5.43. The molecule has 0 unspecified atom stereocenters. The zero-order valence-electron chi connectivity index (χ0n) is 9.81. The number of aliphatic hydroxyl groups is 1. The Kier molecular flexibility index (Phi) is 3.31. The predicted octanol–water partition coefficient (Wildman–Crippen LogP) is 3.74. The summed E-state index contributed by atoms with van der Waals surface area (Å²) in [5.41, 5.74) is 1.73. The van der Waals surface area contributed by atoms with E-state index in [4.69, 9.17) is 0 Å². The molecule has 0 radical (unpaired) electrons. The van der Waals surface area contributed by atoms with Crippen LogP contribution in [0.4, 0.5) is 0 Å². The number of rotatable bonds is 2. The maximum absolute atomic E-state index is 10.2. The zero-order valence-corrected chi connectivity index (χ0v) is 11.4. The number of halogens is 1. The molecule has 0 bridgehead atoms. The molecule has 0 fully saturated rings. The topological polar surface area (TPSA) is 33.1 Å². The first-order valence-corrected chi connectivity index (χ1v) is 6.22. The molecule has 0 saturated heterocycles. The normalized spacial score (nSPS) is 11.5. The quantitative estimate of drug-likeness (QED) is 0.914. The second-order valence-electron chi connectivity index (χ2n) is 4.44. The van der Waals surface area contributed by atoms with Crippen LogP contribution in [-0.4, -0.2) is 10.1 Å². The summed E-state index contributed by atoms with van der Waals surface area (Å²) in [5, 5.41) is 10.2. The molecule has 0 saturated carbocycles. The molecule has 1 N–H and O–H groups in total. The molecule has 88 valence electrons. The van der Waals surface area contributed by atoms with Gasteiger partial charge < -0.3 is 5.11 Å². The van der Waals surface area contributed by atoms with Gasteiger partial charge in [0, 0.05) is 21.8 Å². The zero-order chi connectivity index (χ0) is 12.5. The van der Waals surface area contributed by atoms with E-state index in [9.17, 15) is 5.11 Å². The highest BCUT2D eigenvalue weighted by atomic mass is 79.9. The summed E-state index contributed by atoms with van der Waals surface area (Å²) in [6.45, 7) is 3.54. The molecule has 0 aliphatic heterocycles. The summed E-state index contributed by atoms with van der Waals surface area (Å²) in [6.07, 6.45) is 1.74. The van der Waals surface area contributed by atoms with Crippen LogP contribution in [0, 0.1) is 0 Å². The Labute approximate surface area is 109 Å². The van der Waals surface area contributed by atoms with Crippen LogP contribution in [0.15, 0.2) is 47.1 Å². The van der Waals surface area contributed by atoms with E-state index in [0.29, 0.717) is 0 Å². The third-order valence-electron chi connectivity index (χ3n) is 2.60. The minimum atomic E-state index is -0.904. The van der Waals surface area contributed by atoms with Gasteiger partial charge in [0.05, 0.1) is 11.3 Å². The molecule has 0 atom stereocenters. The molecule has 17 heavy (non-hydrogen) atoms. The van der Waals surface area contributed by atoms with Gasteiger partial charge in [-0.15, -0.1) is 0 Å². The van der Waals surface area contributed by atoms with Crippen molar-refractivity contribution in [3.8, 4) is 11.3 Å². The van der Waals surface area contributed by atoms with E-state index < -0.39 is 5.60 Å².